The Hall–Kier alpha value is -1.67. The van der Waals surface area contributed by atoms with Crippen LogP contribution in [-0.2, 0) is 6.61 Å². The lowest BCUT2D eigenvalue weighted by atomic mass is 10.2. The molecule has 0 atom stereocenters. The standard InChI is InChI=1S/C10H7F3N2O2S/c11-10(12,13)17-7-3-1-6(2-4-7)9-15-14-8(5-16)18-9/h1-4,16H,5H2. The SMILES string of the molecule is OCc1nnc(-c2ccc(OC(F)(F)F)cc2)s1. The molecule has 4 nitrogen and oxygen atoms in total. The number of benzene rings is 1. The third kappa shape index (κ3) is 3.17. The normalized spacial score (nSPS) is 11.6. The second kappa shape index (κ2) is 4.91. The van der Waals surface area contributed by atoms with Crippen LogP contribution in [-0.4, -0.2) is 21.7 Å². The molecule has 18 heavy (non-hydrogen) atoms. The zero-order valence-electron chi connectivity index (χ0n) is 8.81. The molecule has 0 radical (unpaired) electrons. The van der Waals surface area contributed by atoms with Crippen molar-refractivity contribution in [3.63, 3.8) is 0 Å². The van der Waals surface area contributed by atoms with E-state index in [0.717, 1.165) is 0 Å². The fourth-order valence-electron chi connectivity index (χ4n) is 1.23. The van der Waals surface area contributed by atoms with Crippen molar-refractivity contribution in [1.29, 1.82) is 0 Å². The Morgan fingerprint density at radius 3 is 2.33 bits per heavy atom. The van der Waals surface area contributed by atoms with Crippen molar-refractivity contribution < 1.29 is 23.0 Å². The minimum atomic E-state index is -4.70. The van der Waals surface area contributed by atoms with Crippen LogP contribution in [0.25, 0.3) is 10.6 Å². The highest BCUT2D eigenvalue weighted by Gasteiger charge is 2.30. The molecule has 0 aliphatic heterocycles. The van der Waals surface area contributed by atoms with E-state index in [-0.39, 0.29) is 12.4 Å². The van der Waals surface area contributed by atoms with E-state index in [0.29, 0.717) is 15.6 Å². The van der Waals surface area contributed by atoms with Crippen molar-refractivity contribution in [3.8, 4) is 16.3 Å². The number of alkyl halides is 3. The Morgan fingerprint density at radius 2 is 1.83 bits per heavy atom. The highest BCUT2D eigenvalue weighted by molar-refractivity contribution is 7.14. The van der Waals surface area contributed by atoms with Crippen molar-refractivity contribution >= 4 is 11.3 Å². The second-order valence-electron chi connectivity index (χ2n) is 3.23. The van der Waals surface area contributed by atoms with Crippen LogP contribution in [0, 0.1) is 0 Å². The molecule has 1 aromatic heterocycles. The number of halogens is 3. The number of aliphatic hydroxyl groups excluding tert-OH is 1. The molecule has 0 fully saturated rings. The van der Waals surface area contributed by atoms with Crippen LogP contribution in [0.4, 0.5) is 13.2 Å². The van der Waals surface area contributed by atoms with Gasteiger partial charge in [-0.3, -0.25) is 0 Å². The van der Waals surface area contributed by atoms with Gasteiger partial charge in [-0.15, -0.1) is 23.4 Å². The lowest BCUT2D eigenvalue weighted by Crippen LogP contribution is -2.16. The largest absolute Gasteiger partial charge is 0.573 e. The maximum absolute atomic E-state index is 11.9. The summed E-state index contributed by atoms with van der Waals surface area (Å²) < 4.78 is 39.6. The Labute approximate surface area is 104 Å². The van der Waals surface area contributed by atoms with Crippen molar-refractivity contribution in [2.45, 2.75) is 13.0 Å². The number of ether oxygens (including phenoxy) is 1. The number of hydrogen-bond donors (Lipinski definition) is 1. The maximum Gasteiger partial charge on any atom is 0.573 e. The topological polar surface area (TPSA) is 55.2 Å². The molecule has 0 saturated carbocycles. The molecule has 2 aromatic rings. The third-order valence-electron chi connectivity index (χ3n) is 1.94. The summed E-state index contributed by atoms with van der Waals surface area (Å²) in [5, 5.41) is 17.3. The van der Waals surface area contributed by atoms with E-state index in [1.165, 1.54) is 35.6 Å². The van der Waals surface area contributed by atoms with E-state index < -0.39 is 6.36 Å². The van der Waals surface area contributed by atoms with Gasteiger partial charge >= 0.3 is 6.36 Å². The van der Waals surface area contributed by atoms with Crippen LogP contribution in [0.5, 0.6) is 5.75 Å². The van der Waals surface area contributed by atoms with Crippen LogP contribution in [0.15, 0.2) is 24.3 Å². The molecule has 0 aliphatic rings. The summed E-state index contributed by atoms with van der Waals surface area (Å²) in [5.41, 5.74) is 0.613. The Bertz CT molecular complexity index is 525. The van der Waals surface area contributed by atoms with Crippen LogP contribution in [0.1, 0.15) is 5.01 Å². The summed E-state index contributed by atoms with van der Waals surface area (Å²) in [6, 6.07) is 5.29. The average molecular weight is 276 g/mol. The van der Waals surface area contributed by atoms with Crippen molar-refractivity contribution in [2.24, 2.45) is 0 Å². The number of rotatable bonds is 3. The van der Waals surface area contributed by atoms with E-state index in [9.17, 15) is 13.2 Å². The van der Waals surface area contributed by atoms with Gasteiger partial charge in [-0.2, -0.15) is 0 Å². The Balaban J connectivity index is 2.17. The molecule has 8 heteroatoms. The quantitative estimate of drug-likeness (QED) is 0.936. The fourth-order valence-corrected chi connectivity index (χ4v) is 1.94. The van der Waals surface area contributed by atoms with E-state index in [4.69, 9.17) is 5.11 Å². The van der Waals surface area contributed by atoms with Crippen molar-refractivity contribution in [1.82, 2.24) is 10.2 Å². The smallest absolute Gasteiger partial charge is 0.406 e. The summed E-state index contributed by atoms with van der Waals surface area (Å²) in [4.78, 5) is 0. The Morgan fingerprint density at radius 1 is 1.17 bits per heavy atom. The predicted octanol–water partition coefficient (Wildman–Crippen LogP) is 2.60. The number of aliphatic hydroxyl groups is 1. The van der Waals surface area contributed by atoms with Crippen molar-refractivity contribution in [3.05, 3.63) is 29.3 Å². The number of aromatic nitrogens is 2. The van der Waals surface area contributed by atoms with Gasteiger partial charge in [-0.05, 0) is 24.3 Å². The molecular formula is C10H7F3N2O2S. The molecule has 0 saturated heterocycles. The minimum Gasteiger partial charge on any atom is -0.406 e. The lowest BCUT2D eigenvalue weighted by Gasteiger charge is -2.08. The molecule has 0 aliphatic carbocycles. The lowest BCUT2D eigenvalue weighted by molar-refractivity contribution is -0.274. The molecule has 2 rings (SSSR count). The van der Waals surface area contributed by atoms with Gasteiger partial charge in [0, 0.05) is 5.56 Å². The molecule has 96 valence electrons. The molecule has 1 aromatic carbocycles. The zero-order valence-corrected chi connectivity index (χ0v) is 9.63. The first-order valence-corrected chi connectivity index (χ1v) is 5.59. The van der Waals surface area contributed by atoms with Crippen molar-refractivity contribution in [2.75, 3.05) is 0 Å². The van der Waals surface area contributed by atoms with E-state index in [1.807, 2.05) is 0 Å². The second-order valence-corrected chi connectivity index (χ2v) is 4.29. The molecule has 0 bridgehead atoms. The minimum absolute atomic E-state index is 0.215. The zero-order chi connectivity index (χ0) is 13.2. The highest BCUT2D eigenvalue weighted by atomic mass is 32.1. The van der Waals surface area contributed by atoms with E-state index >= 15 is 0 Å². The highest BCUT2D eigenvalue weighted by Crippen LogP contribution is 2.28. The predicted molar refractivity (Wildman–Crippen MR) is 58.0 cm³/mol. The van der Waals surface area contributed by atoms with E-state index in [1.54, 1.807) is 0 Å². The van der Waals surface area contributed by atoms with Crippen LogP contribution >= 0.6 is 11.3 Å². The molecule has 0 unspecified atom stereocenters. The summed E-state index contributed by atoms with van der Waals surface area (Å²) >= 11 is 1.17. The van der Waals surface area contributed by atoms with Gasteiger partial charge in [0.1, 0.15) is 15.8 Å². The monoisotopic (exact) mass is 276 g/mol. The first-order chi connectivity index (χ1) is 8.48. The molecular weight excluding hydrogens is 269 g/mol. The summed E-state index contributed by atoms with van der Waals surface area (Å²) in [7, 11) is 0. The Kier molecular flexibility index (Phi) is 3.48. The average Bonchev–Trinajstić information content (AvgIpc) is 2.76. The molecule has 0 spiro atoms. The molecule has 0 amide bonds. The fraction of sp³-hybridized carbons (Fsp3) is 0.200. The summed E-state index contributed by atoms with van der Waals surface area (Å²) in [5.74, 6) is -0.293. The summed E-state index contributed by atoms with van der Waals surface area (Å²) in [6.45, 7) is -0.215. The third-order valence-corrected chi connectivity index (χ3v) is 2.89. The van der Waals surface area contributed by atoms with Gasteiger partial charge < -0.3 is 9.84 Å². The van der Waals surface area contributed by atoms with Crippen LogP contribution in [0.2, 0.25) is 0 Å². The first kappa shape index (κ1) is 12.8. The van der Waals surface area contributed by atoms with Gasteiger partial charge in [0.15, 0.2) is 0 Å². The van der Waals surface area contributed by atoms with Gasteiger partial charge in [0.25, 0.3) is 0 Å². The van der Waals surface area contributed by atoms with Gasteiger partial charge in [0.05, 0.1) is 6.61 Å². The van der Waals surface area contributed by atoms with Crippen LogP contribution in [0.3, 0.4) is 0 Å². The molecule has 1 heterocycles. The van der Waals surface area contributed by atoms with Gasteiger partial charge in [0.2, 0.25) is 0 Å². The number of nitrogens with zero attached hydrogens (tertiary/aromatic N) is 2. The van der Waals surface area contributed by atoms with Gasteiger partial charge in [-0.1, -0.05) is 11.3 Å². The first-order valence-electron chi connectivity index (χ1n) is 4.77. The summed E-state index contributed by atoms with van der Waals surface area (Å²) in [6.07, 6.45) is -4.70. The molecule has 1 N–H and O–H groups in total. The van der Waals surface area contributed by atoms with E-state index in [2.05, 4.69) is 14.9 Å². The maximum atomic E-state index is 11.9. The van der Waals surface area contributed by atoms with Crippen LogP contribution < -0.4 is 4.74 Å². The number of hydrogen-bond acceptors (Lipinski definition) is 5. The van der Waals surface area contributed by atoms with Gasteiger partial charge in [-0.25, -0.2) is 0 Å².